The lowest BCUT2D eigenvalue weighted by atomic mass is 9.73. The van der Waals surface area contributed by atoms with Gasteiger partial charge in [0.1, 0.15) is 5.78 Å². The summed E-state index contributed by atoms with van der Waals surface area (Å²) in [5.41, 5.74) is 2.07. The number of allylic oxidation sites excluding steroid dienone is 1. The van der Waals surface area contributed by atoms with Gasteiger partial charge in [0.05, 0.1) is 0 Å². The normalized spacial score (nSPS) is 13.8. The van der Waals surface area contributed by atoms with Crippen LogP contribution in [0.3, 0.4) is 0 Å². The molecule has 0 spiro atoms. The van der Waals surface area contributed by atoms with Crippen LogP contribution in [0.1, 0.15) is 57.6 Å². The molecule has 0 aliphatic carbocycles. The lowest BCUT2D eigenvalue weighted by Crippen LogP contribution is -2.28. The highest BCUT2D eigenvalue weighted by molar-refractivity contribution is 5.96. The number of hydrogen-bond donors (Lipinski definition) is 0. The zero-order valence-electron chi connectivity index (χ0n) is 17.5. The number of hydrogen-bond acceptors (Lipinski definition) is 2. The molecule has 0 aliphatic heterocycles. The molecular weight excluding hydrogens is 344 g/mol. The van der Waals surface area contributed by atoms with Gasteiger partial charge in [-0.15, -0.1) is 0 Å². The Bertz CT molecular complexity index is 773. The third kappa shape index (κ3) is 6.60. The monoisotopic (exact) mass is 376 g/mol. The number of benzene rings is 2. The van der Waals surface area contributed by atoms with Gasteiger partial charge in [0.2, 0.25) is 0 Å². The first-order chi connectivity index (χ1) is 13.4. The molecule has 0 unspecified atom stereocenters. The van der Waals surface area contributed by atoms with E-state index in [0.29, 0.717) is 18.8 Å². The van der Waals surface area contributed by atoms with Gasteiger partial charge in [-0.1, -0.05) is 94.4 Å². The van der Waals surface area contributed by atoms with Gasteiger partial charge in [-0.2, -0.15) is 0 Å². The standard InChI is InChI=1S/C26H32O2/c1-19(2)17-23(27)18-24(22-13-9-6-10-14-22)26(20(3)4)25(28)16-15-21-11-7-5-8-12-21/h5-16,19-20,24,26H,17-18H2,1-4H3/b16-15-/t24-,26+/m0/s1. The molecule has 2 aromatic rings. The maximum absolute atomic E-state index is 13.2. The molecule has 0 saturated heterocycles. The fraction of sp³-hybridized carbons (Fsp3) is 0.385. The van der Waals surface area contributed by atoms with Crippen LogP contribution < -0.4 is 0 Å². The van der Waals surface area contributed by atoms with Crippen molar-refractivity contribution in [1.29, 1.82) is 0 Å². The SMILES string of the molecule is CC(C)CC(=O)C[C@@H](c1ccccc1)[C@H](C(=O)/C=C\c1ccccc1)C(C)C. The zero-order valence-corrected chi connectivity index (χ0v) is 17.5. The van der Waals surface area contributed by atoms with Gasteiger partial charge in [-0.3, -0.25) is 9.59 Å². The Balaban J connectivity index is 2.31. The van der Waals surface area contributed by atoms with Crippen molar-refractivity contribution in [1.82, 2.24) is 0 Å². The molecule has 148 valence electrons. The van der Waals surface area contributed by atoms with Crippen LogP contribution in [-0.4, -0.2) is 11.6 Å². The Morgan fingerprint density at radius 3 is 1.93 bits per heavy atom. The van der Waals surface area contributed by atoms with Gasteiger partial charge >= 0.3 is 0 Å². The second kappa shape index (κ2) is 10.8. The molecular formula is C26H32O2. The summed E-state index contributed by atoms with van der Waals surface area (Å²) in [6.07, 6.45) is 4.52. The summed E-state index contributed by atoms with van der Waals surface area (Å²) in [7, 11) is 0. The maximum atomic E-state index is 13.2. The van der Waals surface area contributed by atoms with E-state index in [-0.39, 0.29) is 29.3 Å². The molecule has 28 heavy (non-hydrogen) atoms. The summed E-state index contributed by atoms with van der Waals surface area (Å²) in [6.45, 7) is 8.26. The first-order valence-electron chi connectivity index (χ1n) is 10.2. The van der Waals surface area contributed by atoms with Crippen molar-refractivity contribution >= 4 is 17.6 Å². The molecule has 2 heteroatoms. The average Bonchev–Trinajstić information content (AvgIpc) is 2.66. The minimum absolute atomic E-state index is 0.0880. The van der Waals surface area contributed by atoms with Crippen molar-refractivity contribution in [2.45, 2.75) is 46.5 Å². The minimum atomic E-state index is -0.224. The predicted molar refractivity (Wildman–Crippen MR) is 117 cm³/mol. The van der Waals surface area contributed by atoms with Gasteiger partial charge in [0, 0.05) is 24.7 Å². The summed E-state index contributed by atoms with van der Waals surface area (Å²) < 4.78 is 0. The molecule has 0 amide bonds. The lowest BCUT2D eigenvalue weighted by Gasteiger charge is -2.29. The molecule has 2 aromatic carbocycles. The summed E-state index contributed by atoms with van der Waals surface area (Å²) in [4.78, 5) is 25.8. The summed E-state index contributed by atoms with van der Waals surface area (Å²) in [5.74, 6) is 0.471. The number of Topliss-reactive ketones (excluding diaryl/α,β-unsaturated/α-hetero) is 1. The molecule has 2 nitrogen and oxygen atoms in total. The number of ketones is 2. The smallest absolute Gasteiger partial charge is 0.159 e. The van der Waals surface area contributed by atoms with Gasteiger partial charge in [-0.05, 0) is 29.0 Å². The Labute approximate surface area is 169 Å². The Hall–Kier alpha value is -2.48. The first-order valence-corrected chi connectivity index (χ1v) is 10.2. The van der Waals surface area contributed by atoms with Crippen molar-refractivity contribution < 1.29 is 9.59 Å². The highest BCUT2D eigenvalue weighted by Gasteiger charge is 2.32. The molecule has 0 aromatic heterocycles. The van der Waals surface area contributed by atoms with Crippen molar-refractivity contribution in [3.8, 4) is 0 Å². The van der Waals surface area contributed by atoms with E-state index in [1.54, 1.807) is 6.08 Å². The maximum Gasteiger partial charge on any atom is 0.159 e. The topological polar surface area (TPSA) is 34.1 Å². The fourth-order valence-electron chi connectivity index (χ4n) is 3.78. The van der Waals surface area contributed by atoms with Crippen LogP contribution in [0.5, 0.6) is 0 Å². The van der Waals surface area contributed by atoms with Crippen LogP contribution in [0.4, 0.5) is 0 Å². The van der Waals surface area contributed by atoms with Gasteiger partial charge < -0.3 is 0 Å². The highest BCUT2D eigenvalue weighted by atomic mass is 16.1. The molecule has 0 fully saturated rings. The molecule has 0 aliphatic rings. The second-order valence-electron chi connectivity index (χ2n) is 8.27. The number of carbonyl (C=O) groups excluding carboxylic acids is 2. The third-order valence-corrected chi connectivity index (χ3v) is 5.03. The van der Waals surface area contributed by atoms with Crippen molar-refractivity contribution in [2.75, 3.05) is 0 Å². The van der Waals surface area contributed by atoms with E-state index >= 15 is 0 Å². The number of rotatable bonds is 10. The second-order valence-corrected chi connectivity index (χ2v) is 8.27. The van der Waals surface area contributed by atoms with E-state index in [2.05, 4.69) is 27.7 Å². The zero-order chi connectivity index (χ0) is 20.5. The lowest BCUT2D eigenvalue weighted by molar-refractivity contribution is -0.122. The van der Waals surface area contributed by atoms with Crippen molar-refractivity contribution in [2.24, 2.45) is 17.8 Å². The van der Waals surface area contributed by atoms with Gasteiger partial charge in [0.25, 0.3) is 0 Å². The van der Waals surface area contributed by atoms with Crippen LogP contribution in [-0.2, 0) is 9.59 Å². The van der Waals surface area contributed by atoms with Crippen molar-refractivity contribution in [3.05, 3.63) is 77.9 Å². The van der Waals surface area contributed by atoms with Crippen molar-refractivity contribution in [3.63, 3.8) is 0 Å². The quantitative estimate of drug-likeness (QED) is 0.454. The highest BCUT2D eigenvalue weighted by Crippen LogP contribution is 2.35. The average molecular weight is 377 g/mol. The van der Waals surface area contributed by atoms with Gasteiger partial charge in [-0.25, -0.2) is 0 Å². The molecule has 0 N–H and O–H groups in total. The predicted octanol–water partition coefficient (Wildman–Crippen LogP) is 6.33. The van der Waals surface area contributed by atoms with E-state index < -0.39 is 0 Å². The largest absolute Gasteiger partial charge is 0.300 e. The van der Waals surface area contributed by atoms with E-state index in [0.717, 1.165) is 11.1 Å². The van der Waals surface area contributed by atoms with Gasteiger partial charge in [0.15, 0.2) is 5.78 Å². The van der Waals surface area contributed by atoms with Crippen LogP contribution in [0.15, 0.2) is 66.7 Å². The molecule has 2 rings (SSSR count). The summed E-state index contributed by atoms with van der Waals surface area (Å²) in [6, 6.07) is 19.9. The van der Waals surface area contributed by atoms with E-state index in [9.17, 15) is 9.59 Å². The fourth-order valence-corrected chi connectivity index (χ4v) is 3.78. The van der Waals surface area contributed by atoms with E-state index in [4.69, 9.17) is 0 Å². The molecule has 0 bridgehead atoms. The van der Waals surface area contributed by atoms with Crippen LogP contribution >= 0.6 is 0 Å². The summed E-state index contributed by atoms with van der Waals surface area (Å²) in [5, 5.41) is 0. The Kier molecular flexibility index (Phi) is 8.38. The molecule has 0 heterocycles. The van der Waals surface area contributed by atoms with Crippen LogP contribution in [0, 0.1) is 17.8 Å². The third-order valence-electron chi connectivity index (χ3n) is 5.03. The number of carbonyl (C=O) groups is 2. The van der Waals surface area contributed by atoms with E-state index in [1.165, 1.54) is 0 Å². The first kappa shape index (κ1) is 21.8. The Morgan fingerprint density at radius 1 is 0.821 bits per heavy atom. The van der Waals surface area contributed by atoms with E-state index in [1.807, 2.05) is 66.7 Å². The summed E-state index contributed by atoms with van der Waals surface area (Å²) >= 11 is 0. The minimum Gasteiger partial charge on any atom is -0.300 e. The van der Waals surface area contributed by atoms with Crippen LogP contribution in [0.25, 0.3) is 6.08 Å². The molecule has 2 atom stereocenters. The van der Waals surface area contributed by atoms with Crippen LogP contribution in [0.2, 0.25) is 0 Å². The molecule has 0 radical (unpaired) electrons. The Morgan fingerprint density at radius 2 is 1.39 bits per heavy atom. The molecule has 0 saturated carbocycles.